The molecule has 0 radical (unpaired) electrons. The molecule has 5 heteroatoms. The standard InChI is InChI=1S/C20H17FN2O2/c1-13-5-2-3-8-18(13)25-15-11-23(12-15)20(24)17-10-9-14-6-4-7-16(21)19(14)22-17/h2-10,15H,11-12H2,1H3. The van der Waals surface area contributed by atoms with Crippen LogP contribution in [0.5, 0.6) is 5.75 Å². The van der Waals surface area contributed by atoms with Crippen molar-refractivity contribution in [3.8, 4) is 5.75 Å². The van der Waals surface area contributed by atoms with Gasteiger partial charge in [-0.15, -0.1) is 0 Å². The van der Waals surface area contributed by atoms with Crippen LogP contribution in [0.25, 0.3) is 10.9 Å². The zero-order valence-corrected chi connectivity index (χ0v) is 13.8. The number of carbonyl (C=O) groups is 1. The highest BCUT2D eigenvalue weighted by Crippen LogP contribution is 2.23. The molecule has 0 N–H and O–H groups in total. The van der Waals surface area contributed by atoms with Crippen molar-refractivity contribution in [2.24, 2.45) is 0 Å². The molecule has 2 aromatic carbocycles. The number of ether oxygens (including phenoxy) is 1. The second kappa shape index (κ2) is 6.16. The van der Waals surface area contributed by atoms with Gasteiger partial charge in [0.2, 0.25) is 0 Å². The molecule has 0 bridgehead atoms. The molecule has 0 unspecified atom stereocenters. The van der Waals surface area contributed by atoms with E-state index < -0.39 is 5.82 Å². The Morgan fingerprint density at radius 3 is 2.72 bits per heavy atom. The van der Waals surface area contributed by atoms with Crippen LogP contribution < -0.4 is 4.74 Å². The van der Waals surface area contributed by atoms with E-state index in [0.717, 1.165) is 11.3 Å². The van der Waals surface area contributed by atoms with E-state index in [2.05, 4.69) is 4.98 Å². The first kappa shape index (κ1) is 15.6. The minimum absolute atomic E-state index is 0.0257. The zero-order chi connectivity index (χ0) is 17.4. The van der Waals surface area contributed by atoms with E-state index in [4.69, 9.17) is 4.74 Å². The van der Waals surface area contributed by atoms with Crippen LogP contribution >= 0.6 is 0 Å². The molecule has 0 saturated carbocycles. The minimum Gasteiger partial charge on any atom is -0.486 e. The van der Waals surface area contributed by atoms with Gasteiger partial charge in [0.05, 0.1) is 13.1 Å². The first-order valence-corrected chi connectivity index (χ1v) is 8.18. The second-order valence-corrected chi connectivity index (χ2v) is 6.22. The van der Waals surface area contributed by atoms with E-state index >= 15 is 0 Å². The molecule has 0 aliphatic carbocycles. The fraction of sp³-hybridized carbons (Fsp3) is 0.200. The highest BCUT2D eigenvalue weighted by Gasteiger charge is 2.33. The topological polar surface area (TPSA) is 42.4 Å². The lowest BCUT2D eigenvalue weighted by Crippen LogP contribution is -2.56. The Morgan fingerprint density at radius 1 is 1.12 bits per heavy atom. The Labute approximate surface area is 144 Å². The highest BCUT2D eigenvalue weighted by atomic mass is 19.1. The minimum atomic E-state index is -0.420. The van der Waals surface area contributed by atoms with Crippen molar-refractivity contribution in [2.45, 2.75) is 13.0 Å². The Balaban J connectivity index is 1.45. The normalized spacial score (nSPS) is 14.4. The Kier molecular flexibility index (Phi) is 3.84. The lowest BCUT2D eigenvalue weighted by Gasteiger charge is -2.39. The number of carbonyl (C=O) groups excluding carboxylic acids is 1. The summed E-state index contributed by atoms with van der Waals surface area (Å²) in [7, 11) is 0. The molecule has 126 valence electrons. The lowest BCUT2D eigenvalue weighted by atomic mass is 10.1. The number of hydrogen-bond acceptors (Lipinski definition) is 3. The molecule has 3 aromatic rings. The molecule has 1 saturated heterocycles. The predicted octanol–water partition coefficient (Wildman–Crippen LogP) is 3.59. The van der Waals surface area contributed by atoms with Gasteiger partial charge in [0.15, 0.2) is 0 Å². The van der Waals surface area contributed by atoms with Crippen molar-refractivity contribution in [3.05, 3.63) is 71.7 Å². The van der Waals surface area contributed by atoms with Crippen molar-refractivity contribution in [1.82, 2.24) is 9.88 Å². The predicted molar refractivity (Wildman–Crippen MR) is 93.2 cm³/mol. The fourth-order valence-corrected chi connectivity index (χ4v) is 2.94. The molecule has 4 nitrogen and oxygen atoms in total. The van der Waals surface area contributed by atoms with E-state index in [0.29, 0.717) is 18.5 Å². The van der Waals surface area contributed by atoms with E-state index in [1.807, 2.05) is 31.2 Å². The van der Waals surface area contributed by atoms with Gasteiger partial charge < -0.3 is 9.64 Å². The first-order chi connectivity index (χ1) is 12.1. The van der Waals surface area contributed by atoms with Crippen LogP contribution in [0, 0.1) is 12.7 Å². The van der Waals surface area contributed by atoms with Crippen molar-refractivity contribution in [1.29, 1.82) is 0 Å². The highest BCUT2D eigenvalue weighted by molar-refractivity contribution is 5.95. The van der Waals surface area contributed by atoms with Crippen LogP contribution in [-0.2, 0) is 0 Å². The number of aromatic nitrogens is 1. The van der Waals surface area contributed by atoms with Gasteiger partial charge >= 0.3 is 0 Å². The van der Waals surface area contributed by atoms with E-state index in [9.17, 15) is 9.18 Å². The Hall–Kier alpha value is -2.95. The summed E-state index contributed by atoms with van der Waals surface area (Å²) < 4.78 is 19.8. The molecule has 1 aliphatic rings. The number of pyridine rings is 1. The van der Waals surface area contributed by atoms with Crippen LogP contribution in [-0.4, -0.2) is 35.0 Å². The van der Waals surface area contributed by atoms with Gasteiger partial charge in [0.1, 0.15) is 28.9 Å². The number of rotatable bonds is 3. The number of para-hydroxylation sites is 2. The lowest BCUT2D eigenvalue weighted by molar-refractivity contribution is 0.0171. The number of nitrogens with zero attached hydrogens (tertiary/aromatic N) is 2. The van der Waals surface area contributed by atoms with Gasteiger partial charge in [-0.1, -0.05) is 36.4 Å². The fourth-order valence-electron chi connectivity index (χ4n) is 2.94. The van der Waals surface area contributed by atoms with Gasteiger partial charge in [-0.2, -0.15) is 0 Å². The number of fused-ring (bicyclic) bond motifs is 1. The molecular weight excluding hydrogens is 319 g/mol. The van der Waals surface area contributed by atoms with Crippen LogP contribution in [0.1, 0.15) is 16.1 Å². The third kappa shape index (κ3) is 2.93. The maximum absolute atomic E-state index is 13.9. The van der Waals surface area contributed by atoms with E-state index in [1.165, 1.54) is 6.07 Å². The molecule has 2 heterocycles. The van der Waals surface area contributed by atoms with Crippen molar-refractivity contribution in [2.75, 3.05) is 13.1 Å². The second-order valence-electron chi connectivity index (χ2n) is 6.22. The number of amides is 1. The molecule has 0 atom stereocenters. The number of halogens is 1. The SMILES string of the molecule is Cc1ccccc1OC1CN(C(=O)c2ccc3cccc(F)c3n2)C1. The largest absolute Gasteiger partial charge is 0.486 e. The molecule has 1 aliphatic heterocycles. The zero-order valence-electron chi connectivity index (χ0n) is 13.8. The quantitative estimate of drug-likeness (QED) is 0.734. The third-order valence-corrected chi connectivity index (χ3v) is 4.41. The van der Waals surface area contributed by atoms with E-state index in [-0.39, 0.29) is 23.2 Å². The maximum Gasteiger partial charge on any atom is 0.272 e. The Morgan fingerprint density at radius 2 is 1.92 bits per heavy atom. The monoisotopic (exact) mass is 336 g/mol. The average molecular weight is 336 g/mol. The van der Waals surface area contributed by atoms with Crippen LogP contribution in [0.4, 0.5) is 4.39 Å². The molecule has 1 amide bonds. The molecular formula is C20H17FN2O2. The van der Waals surface area contributed by atoms with Gasteiger partial charge in [-0.25, -0.2) is 9.37 Å². The summed E-state index contributed by atoms with van der Waals surface area (Å²) in [5, 5.41) is 0.681. The third-order valence-electron chi connectivity index (χ3n) is 4.41. The smallest absolute Gasteiger partial charge is 0.272 e. The van der Waals surface area contributed by atoms with Gasteiger partial charge in [0, 0.05) is 5.39 Å². The molecule has 0 spiro atoms. The first-order valence-electron chi connectivity index (χ1n) is 8.18. The van der Waals surface area contributed by atoms with Crippen molar-refractivity contribution < 1.29 is 13.9 Å². The molecule has 4 rings (SSSR count). The summed E-state index contributed by atoms with van der Waals surface area (Å²) >= 11 is 0. The van der Waals surface area contributed by atoms with E-state index in [1.54, 1.807) is 29.2 Å². The van der Waals surface area contributed by atoms with Crippen LogP contribution in [0.2, 0.25) is 0 Å². The summed E-state index contributed by atoms with van der Waals surface area (Å²) in [5.74, 6) is 0.219. The number of benzene rings is 2. The summed E-state index contributed by atoms with van der Waals surface area (Å²) in [6, 6.07) is 15.9. The average Bonchev–Trinajstić information content (AvgIpc) is 2.59. The summed E-state index contributed by atoms with van der Waals surface area (Å²) in [6.07, 6.45) is -0.0257. The maximum atomic E-state index is 13.9. The summed E-state index contributed by atoms with van der Waals surface area (Å²) in [5.41, 5.74) is 1.55. The summed E-state index contributed by atoms with van der Waals surface area (Å²) in [6.45, 7) is 3.00. The van der Waals surface area contributed by atoms with Gasteiger partial charge in [-0.05, 0) is 30.7 Å². The number of aryl methyl sites for hydroxylation is 1. The van der Waals surface area contributed by atoms with Crippen molar-refractivity contribution in [3.63, 3.8) is 0 Å². The molecule has 1 fully saturated rings. The number of hydrogen-bond donors (Lipinski definition) is 0. The summed E-state index contributed by atoms with van der Waals surface area (Å²) in [4.78, 5) is 18.4. The van der Waals surface area contributed by atoms with Crippen molar-refractivity contribution >= 4 is 16.8 Å². The van der Waals surface area contributed by atoms with Gasteiger partial charge in [-0.3, -0.25) is 4.79 Å². The number of likely N-dealkylation sites (tertiary alicyclic amines) is 1. The molecule has 1 aromatic heterocycles. The van der Waals surface area contributed by atoms with Crippen LogP contribution in [0.15, 0.2) is 54.6 Å². The Bertz CT molecular complexity index is 951. The van der Waals surface area contributed by atoms with Crippen LogP contribution in [0.3, 0.4) is 0 Å². The van der Waals surface area contributed by atoms with Gasteiger partial charge in [0.25, 0.3) is 5.91 Å². The molecule has 25 heavy (non-hydrogen) atoms.